The van der Waals surface area contributed by atoms with Crippen LogP contribution in [0.25, 0.3) is 0 Å². The maximum absolute atomic E-state index is 12.8. The number of aryl methyl sites for hydroxylation is 1. The van der Waals surface area contributed by atoms with E-state index >= 15 is 0 Å². The van der Waals surface area contributed by atoms with Gasteiger partial charge in [-0.1, -0.05) is 19.0 Å². The lowest BCUT2D eigenvalue weighted by Crippen LogP contribution is -2.28. The van der Waals surface area contributed by atoms with E-state index in [4.69, 9.17) is 9.26 Å². The van der Waals surface area contributed by atoms with Crippen molar-refractivity contribution in [1.82, 2.24) is 24.5 Å². The Morgan fingerprint density at radius 2 is 2.17 bits per heavy atom. The number of nitrogens with zero attached hydrogens (tertiary/aromatic N) is 5. The third-order valence-corrected chi connectivity index (χ3v) is 4.32. The molecule has 132 valence electrons. The maximum Gasteiger partial charge on any atom is 0.346 e. The molecule has 0 N–H and O–H groups in total. The summed E-state index contributed by atoms with van der Waals surface area (Å²) in [6, 6.07) is 0.0126. The third kappa shape index (κ3) is 3.15. The molecule has 2 atom stereocenters. The molecule has 1 aliphatic rings. The Morgan fingerprint density at radius 1 is 1.38 bits per heavy atom. The van der Waals surface area contributed by atoms with Gasteiger partial charge in [-0.05, 0) is 32.6 Å². The molecule has 0 amide bonds. The fourth-order valence-corrected chi connectivity index (χ4v) is 3.05. The Morgan fingerprint density at radius 3 is 2.79 bits per heavy atom. The minimum atomic E-state index is -0.162. The monoisotopic (exact) mass is 335 g/mol. The number of aromatic nitrogens is 5. The van der Waals surface area contributed by atoms with Crippen LogP contribution in [-0.4, -0.2) is 31.1 Å². The molecule has 24 heavy (non-hydrogen) atoms. The van der Waals surface area contributed by atoms with Crippen LogP contribution in [0.1, 0.15) is 70.2 Å². The van der Waals surface area contributed by atoms with Crippen molar-refractivity contribution in [3.63, 3.8) is 0 Å². The van der Waals surface area contributed by atoms with Crippen molar-refractivity contribution >= 4 is 0 Å². The average molecular weight is 335 g/mol. The zero-order valence-electron chi connectivity index (χ0n) is 14.7. The maximum atomic E-state index is 12.8. The van der Waals surface area contributed by atoms with Crippen LogP contribution in [0.4, 0.5) is 0 Å². The van der Waals surface area contributed by atoms with Gasteiger partial charge >= 0.3 is 5.69 Å². The lowest BCUT2D eigenvalue weighted by Gasteiger charge is -2.16. The van der Waals surface area contributed by atoms with Gasteiger partial charge in [0.05, 0.1) is 0 Å². The number of hydrogen-bond acceptors (Lipinski definition) is 6. The molecule has 8 heteroatoms. The van der Waals surface area contributed by atoms with E-state index in [2.05, 4.69) is 22.2 Å². The van der Waals surface area contributed by atoms with E-state index in [1.807, 2.05) is 20.8 Å². The first-order chi connectivity index (χ1) is 11.5. The summed E-state index contributed by atoms with van der Waals surface area (Å²) in [5, 5.41) is 8.48. The highest BCUT2D eigenvalue weighted by Crippen LogP contribution is 2.33. The normalized spacial score (nSPS) is 21.0. The first-order valence-corrected chi connectivity index (χ1v) is 8.63. The summed E-state index contributed by atoms with van der Waals surface area (Å²) in [4.78, 5) is 17.1. The van der Waals surface area contributed by atoms with Crippen LogP contribution in [0.5, 0.6) is 0 Å². The molecule has 0 unspecified atom stereocenters. The van der Waals surface area contributed by atoms with Gasteiger partial charge < -0.3 is 9.26 Å². The van der Waals surface area contributed by atoms with E-state index in [9.17, 15) is 4.79 Å². The lowest BCUT2D eigenvalue weighted by atomic mass is 10.0. The Labute approximate surface area is 140 Å². The van der Waals surface area contributed by atoms with Crippen LogP contribution in [0.2, 0.25) is 0 Å². The summed E-state index contributed by atoms with van der Waals surface area (Å²) < 4.78 is 14.1. The van der Waals surface area contributed by atoms with Crippen molar-refractivity contribution < 1.29 is 9.26 Å². The van der Waals surface area contributed by atoms with E-state index in [-0.39, 0.29) is 24.4 Å². The average Bonchev–Trinajstić information content (AvgIpc) is 3.21. The predicted octanol–water partition coefficient (Wildman–Crippen LogP) is 2.11. The van der Waals surface area contributed by atoms with Gasteiger partial charge in [-0.2, -0.15) is 10.1 Å². The number of rotatable bonds is 6. The molecule has 0 aromatic carbocycles. The van der Waals surface area contributed by atoms with E-state index in [0.29, 0.717) is 30.1 Å². The van der Waals surface area contributed by atoms with Crippen molar-refractivity contribution in [1.29, 1.82) is 0 Å². The second-order valence-electron chi connectivity index (χ2n) is 6.67. The molecule has 1 saturated heterocycles. The smallest absolute Gasteiger partial charge is 0.346 e. The van der Waals surface area contributed by atoms with Gasteiger partial charge in [0, 0.05) is 19.1 Å². The fourth-order valence-electron chi connectivity index (χ4n) is 3.05. The third-order valence-electron chi connectivity index (χ3n) is 4.32. The van der Waals surface area contributed by atoms with Gasteiger partial charge in [0.1, 0.15) is 12.6 Å². The Kier molecular flexibility index (Phi) is 4.84. The minimum Gasteiger partial charge on any atom is -0.370 e. The molecule has 1 aliphatic heterocycles. The van der Waals surface area contributed by atoms with E-state index in [1.54, 1.807) is 4.57 Å². The minimum absolute atomic E-state index is 0.0126. The summed E-state index contributed by atoms with van der Waals surface area (Å²) in [6.45, 7) is 9.04. The summed E-state index contributed by atoms with van der Waals surface area (Å²) in [5.41, 5.74) is -0.162. The fraction of sp³-hybridized carbons (Fsp3) is 0.750. The number of hydrogen-bond donors (Lipinski definition) is 0. The van der Waals surface area contributed by atoms with Gasteiger partial charge in [-0.25, -0.2) is 9.48 Å². The molecular formula is C16H25N5O3. The molecule has 0 bridgehead atoms. The standard InChI is InChI=1S/C16H25N5O3/c1-5-6-13-17-12(19-24-13)9-20-16(22)21(10(2)3)15(18-20)14-11(4)7-8-23-14/h10-11,14H,5-9H2,1-4H3/t11-,14+/m1/s1. The second kappa shape index (κ2) is 6.88. The van der Waals surface area contributed by atoms with Crippen LogP contribution < -0.4 is 5.69 Å². The Hall–Kier alpha value is -1.96. The zero-order chi connectivity index (χ0) is 17.3. The molecule has 3 rings (SSSR count). The molecule has 0 spiro atoms. The Balaban J connectivity index is 1.92. The van der Waals surface area contributed by atoms with Crippen LogP contribution in [0.15, 0.2) is 9.32 Å². The molecule has 0 aliphatic carbocycles. The van der Waals surface area contributed by atoms with Gasteiger partial charge in [0.25, 0.3) is 0 Å². The van der Waals surface area contributed by atoms with Gasteiger partial charge in [0.2, 0.25) is 5.89 Å². The molecule has 1 fully saturated rings. The molecular weight excluding hydrogens is 310 g/mol. The summed E-state index contributed by atoms with van der Waals surface area (Å²) in [6.07, 6.45) is 2.52. The van der Waals surface area contributed by atoms with Crippen molar-refractivity contribution in [3.05, 3.63) is 28.0 Å². The second-order valence-corrected chi connectivity index (χ2v) is 6.67. The highest BCUT2D eigenvalue weighted by atomic mass is 16.5. The van der Waals surface area contributed by atoms with Crippen LogP contribution in [-0.2, 0) is 17.7 Å². The van der Waals surface area contributed by atoms with Gasteiger partial charge in [-0.15, -0.1) is 0 Å². The first-order valence-electron chi connectivity index (χ1n) is 8.63. The van der Waals surface area contributed by atoms with Gasteiger partial charge in [-0.3, -0.25) is 4.57 Å². The zero-order valence-corrected chi connectivity index (χ0v) is 14.7. The summed E-state index contributed by atoms with van der Waals surface area (Å²) in [5.74, 6) is 2.11. The topological polar surface area (TPSA) is 88.0 Å². The highest BCUT2D eigenvalue weighted by molar-refractivity contribution is 5.00. The highest BCUT2D eigenvalue weighted by Gasteiger charge is 2.32. The van der Waals surface area contributed by atoms with Crippen molar-refractivity contribution in [2.75, 3.05) is 6.61 Å². The quantitative estimate of drug-likeness (QED) is 0.803. The van der Waals surface area contributed by atoms with Crippen molar-refractivity contribution in [2.45, 2.75) is 65.6 Å². The largest absolute Gasteiger partial charge is 0.370 e. The molecule has 2 aromatic heterocycles. The summed E-state index contributed by atoms with van der Waals surface area (Å²) in [7, 11) is 0. The van der Waals surface area contributed by atoms with Crippen molar-refractivity contribution in [3.8, 4) is 0 Å². The van der Waals surface area contributed by atoms with Crippen LogP contribution in [0.3, 0.4) is 0 Å². The molecule has 0 radical (unpaired) electrons. The molecule has 2 aromatic rings. The Bertz CT molecular complexity index is 745. The predicted molar refractivity (Wildman–Crippen MR) is 86.7 cm³/mol. The van der Waals surface area contributed by atoms with E-state index in [1.165, 1.54) is 4.68 Å². The first kappa shape index (κ1) is 16.9. The van der Waals surface area contributed by atoms with Gasteiger partial charge in [0.15, 0.2) is 11.6 Å². The molecule has 0 saturated carbocycles. The molecule has 8 nitrogen and oxygen atoms in total. The van der Waals surface area contributed by atoms with Crippen molar-refractivity contribution in [2.24, 2.45) is 5.92 Å². The molecule has 3 heterocycles. The number of ether oxygens (including phenoxy) is 1. The SMILES string of the molecule is CCCc1nc(Cn2nc([C@H]3OCC[C@H]3C)n(C(C)C)c2=O)no1. The summed E-state index contributed by atoms with van der Waals surface area (Å²) >= 11 is 0. The van der Waals surface area contributed by atoms with Crippen LogP contribution in [0, 0.1) is 5.92 Å². The van der Waals surface area contributed by atoms with E-state index in [0.717, 1.165) is 19.3 Å². The van der Waals surface area contributed by atoms with E-state index < -0.39 is 0 Å². The van der Waals surface area contributed by atoms with Crippen LogP contribution >= 0.6 is 0 Å². The lowest BCUT2D eigenvalue weighted by molar-refractivity contribution is 0.0825.